The number of aryl methyl sites for hydroxylation is 1. The summed E-state index contributed by atoms with van der Waals surface area (Å²) in [5.74, 6) is -2.88. The van der Waals surface area contributed by atoms with Crippen LogP contribution in [0.15, 0.2) is 24.3 Å². The summed E-state index contributed by atoms with van der Waals surface area (Å²) in [6.07, 6.45) is -0.262. The molecule has 0 aliphatic carbocycles. The van der Waals surface area contributed by atoms with Crippen molar-refractivity contribution >= 4 is 11.8 Å². The van der Waals surface area contributed by atoms with Crippen molar-refractivity contribution in [2.45, 2.75) is 50.8 Å². The number of nitrogens with two attached hydrogens (primary N) is 2. The van der Waals surface area contributed by atoms with Gasteiger partial charge in [0, 0.05) is 5.92 Å². The van der Waals surface area contributed by atoms with Gasteiger partial charge in [0.15, 0.2) is 5.67 Å². The Morgan fingerprint density at radius 2 is 1.96 bits per heavy atom. The summed E-state index contributed by atoms with van der Waals surface area (Å²) in [5, 5.41) is 10.1. The molecule has 0 fully saturated rings. The van der Waals surface area contributed by atoms with Gasteiger partial charge < -0.3 is 16.6 Å². The van der Waals surface area contributed by atoms with Crippen molar-refractivity contribution in [1.82, 2.24) is 0 Å². The average Bonchev–Trinajstić information content (AvgIpc) is 2.49. The van der Waals surface area contributed by atoms with E-state index in [0.29, 0.717) is 12.8 Å². The first-order valence-corrected chi connectivity index (χ1v) is 7.82. The van der Waals surface area contributed by atoms with Crippen molar-refractivity contribution in [2.75, 3.05) is 0 Å². The molecule has 1 aromatic carbocycles. The molecule has 0 aliphatic rings. The maximum atomic E-state index is 13.9. The normalized spacial score (nSPS) is 16.2. The number of rotatable bonds is 10. The maximum absolute atomic E-state index is 13.9. The minimum Gasteiger partial charge on any atom is -0.393 e. The van der Waals surface area contributed by atoms with E-state index in [9.17, 15) is 23.5 Å². The van der Waals surface area contributed by atoms with Gasteiger partial charge in [-0.2, -0.15) is 0 Å². The number of amides is 2. The van der Waals surface area contributed by atoms with Crippen molar-refractivity contribution in [3.05, 3.63) is 35.6 Å². The second-order valence-corrected chi connectivity index (χ2v) is 6.26. The Labute approximate surface area is 140 Å². The highest BCUT2D eigenvalue weighted by Gasteiger charge is 2.32. The van der Waals surface area contributed by atoms with Crippen LogP contribution in [0.5, 0.6) is 0 Å². The van der Waals surface area contributed by atoms with Crippen LogP contribution in [0.4, 0.5) is 8.78 Å². The van der Waals surface area contributed by atoms with Crippen LogP contribution in [-0.2, 0) is 16.0 Å². The summed E-state index contributed by atoms with van der Waals surface area (Å²) in [6.45, 7) is 1.05. The fourth-order valence-corrected chi connectivity index (χ4v) is 2.42. The zero-order valence-corrected chi connectivity index (χ0v) is 13.7. The van der Waals surface area contributed by atoms with Crippen LogP contribution in [-0.4, -0.2) is 28.7 Å². The molecule has 3 atom stereocenters. The fourth-order valence-electron chi connectivity index (χ4n) is 2.42. The van der Waals surface area contributed by atoms with E-state index in [4.69, 9.17) is 11.5 Å². The van der Waals surface area contributed by atoms with Crippen molar-refractivity contribution in [2.24, 2.45) is 17.4 Å². The Balaban J connectivity index is 2.52. The van der Waals surface area contributed by atoms with Crippen LogP contribution in [0.1, 0.15) is 38.2 Å². The number of hydrogen-bond donors (Lipinski definition) is 3. The van der Waals surface area contributed by atoms with Crippen molar-refractivity contribution in [3.8, 4) is 0 Å². The Hall–Kier alpha value is -2.02. The molecule has 1 rings (SSSR count). The molecular weight excluding hydrogens is 318 g/mol. The van der Waals surface area contributed by atoms with Gasteiger partial charge in [0.1, 0.15) is 5.82 Å². The van der Waals surface area contributed by atoms with Gasteiger partial charge in [-0.05, 0) is 56.7 Å². The molecule has 1 aromatic rings. The number of alkyl halides is 1. The Bertz CT molecular complexity index is 579. The van der Waals surface area contributed by atoms with Gasteiger partial charge in [-0.15, -0.1) is 0 Å². The van der Waals surface area contributed by atoms with Crippen molar-refractivity contribution < 1.29 is 23.5 Å². The van der Waals surface area contributed by atoms with Gasteiger partial charge in [0.25, 0.3) is 5.91 Å². The summed E-state index contributed by atoms with van der Waals surface area (Å²) < 4.78 is 26.9. The summed E-state index contributed by atoms with van der Waals surface area (Å²) in [4.78, 5) is 22.4. The Morgan fingerprint density at radius 3 is 2.50 bits per heavy atom. The van der Waals surface area contributed by atoms with Crippen molar-refractivity contribution in [1.29, 1.82) is 0 Å². The highest BCUT2D eigenvalue weighted by molar-refractivity contribution is 5.83. The fraction of sp³-hybridized carbons (Fsp3) is 0.529. The lowest BCUT2D eigenvalue weighted by molar-refractivity contribution is -0.130. The number of carbonyl (C=O) groups excluding carboxylic acids is 2. The Morgan fingerprint density at radius 1 is 1.29 bits per heavy atom. The Kier molecular flexibility index (Phi) is 7.28. The van der Waals surface area contributed by atoms with E-state index in [1.807, 2.05) is 0 Å². The van der Waals surface area contributed by atoms with Gasteiger partial charge in [-0.1, -0.05) is 12.1 Å². The molecule has 1 unspecified atom stereocenters. The molecule has 0 aromatic heterocycles. The van der Waals surface area contributed by atoms with Crippen LogP contribution < -0.4 is 11.5 Å². The minimum absolute atomic E-state index is 0.0162. The van der Waals surface area contributed by atoms with E-state index in [1.165, 1.54) is 12.1 Å². The SMILES string of the molecule is CC(F)(CC[C@H](C[C@@H](O)CCc1cccc(F)c1)C(N)=O)C(N)=O. The summed E-state index contributed by atoms with van der Waals surface area (Å²) in [7, 11) is 0. The number of hydrogen-bond acceptors (Lipinski definition) is 3. The molecule has 5 nitrogen and oxygen atoms in total. The number of primary amides is 2. The van der Waals surface area contributed by atoms with E-state index in [-0.39, 0.29) is 25.1 Å². The van der Waals surface area contributed by atoms with Gasteiger partial charge in [0.2, 0.25) is 5.91 Å². The third-order valence-corrected chi connectivity index (χ3v) is 4.09. The molecule has 0 spiro atoms. The lowest BCUT2D eigenvalue weighted by Crippen LogP contribution is -2.38. The van der Waals surface area contributed by atoms with E-state index in [0.717, 1.165) is 12.5 Å². The highest BCUT2D eigenvalue weighted by Crippen LogP contribution is 2.24. The summed E-state index contributed by atoms with van der Waals surface area (Å²) in [6, 6.07) is 6.02. The molecule has 0 saturated heterocycles. The molecule has 7 heteroatoms. The molecule has 0 aliphatic heterocycles. The molecule has 0 bridgehead atoms. The van der Waals surface area contributed by atoms with E-state index in [2.05, 4.69) is 0 Å². The van der Waals surface area contributed by atoms with E-state index >= 15 is 0 Å². The van der Waals surface area contributed by atoms with Crippen LogP contribution in [0.3, 0.4) is 0 Å². The van der Waals surface area contributed by atoms with Gasteiger partial charge >= 0.3 is 0 Å². The molecular formula is C17H24F2N2O3. The first-order chi connectivity index (χ1) is 11.1. The number of carbonyl (C=O) groups is 2. The lowest BCUT2D eigenvalue weighted by Gasteiger charge is -2.21. The van der Waals surface area contributed by atoms with Crippen LogP contribution in [0, 0.1) is 11.7 Å². The predicted octanol–water partition coefficient (Wildman–Crippen LogP) is 1.60. The number of aliphatic hydroxyl groups excluding tert-OH is 1. The third kappa shape index (κ3) is 6.62. The summed E-state index contributed by atoms with van der Waals surface area (Å²) >= 11 is 0. The first kappa shape index (κ1) is 20.0. The molecule has 24 heavy (non-hydrogen) atoms. The highest BCUT2D eigenvalue weighted by atomic mass is 19.1. The maximum Gasteiger partial charge on any atom is 0.254 e. The molecule has 0 saturated carbocycles. The molecule has 2 amide bonds. The lowest BCUT2D eigenvalue weighted by atomic mass is 9.89. The summed E-state index contributed by atoms with van der Waals surface area (Å²) in [5.41, 5.74) is 8.74. The average molecular weight is 342 g/mol. The minimum atomic E-state index is -2.22. The molecule has 0 radical (unpaired) electrons. The number of aliphatic hydroxyl groups is 1. The monoisotopic (exact) mass is 342 g/mol. The van der Waals surface area contributed by atoms with Crippen molar-refractivity contribution in [3.63, 3.8) is 0 Å². The van der Waals surface area contributed by atoms with Gasteiger partial charge in [0.05, 0.1) is 6.10 Å². The molecule has 0 heterocycles. The smallest absolute Gasteiger partial charge is 0.254 e. The van der Waals surface area contributed by atoms with Crippen LogP contribution >= 0.6 is 0 Å². The zero-order valence-electron chi connectivity index (χ0n) is 13.7. The second-order valence-electron chi connectivity index (χ2n) is 6.26. The molecule has 134 valence electrons. The van der Waals surface area contributed by atoms with Gasteiger partial charge in [-0.3, -0.25) is 9.59 Å². The van der Waals surface area contributed by atoms with Crippen LogP contribution in [0.2, 0.25) is 0 Å². The number of benzene rings is 1. The zero-order chi connectivity index (χ0) is 18.3. The standard InChI is InChI=1S/C17H24F2N2O3/c1-17(19,16(21)24)8-7-12(15(20)23)10-14(22)6-5-11-3-2-4-13(18)9-11/h2-4,9,12,14,22H,5-8,10H2,1H3,(H2,20,23)(H2,21,24)/t12-,14+,17?/m1/s1. The quantitative estimate of drug-likeness (QED) is 0.601. The third-order valence-electron chi connectivity index (χ3n) is 4.09. The predicted molar refractivity (Wildman–Crippen MR) is 86.0 cm³/mol. The topological polar surface area (TPSA) is 106 Å². The van der Waals surface area contributed by atoms with Gasteiger partial charge in [-0.25, -0.2) is 8.78 Å². The van der Waals surface area contributed by atoms with E-state index in [1.54, 1.807) is 12.1 Å². The van der Waals surface area contributed by atoms with Crippen LogP contribution in [0.25, 0.3) is 0 Å². The van der Waals surface area contributed by atoms with E-state index < -0.39 is 29.5 Å². The number of halogens is 2. The molecule has 5 N–H and O–H groups in total. The largest absolute Gasteiger partial charge is 0.393 e. The second kappa shape index (κ2) is 8.73. The first-order valence-electron chi connectivity index (χ1n) is 7.82.